The maximum Gasteiger partial charge on any atom is 0.229 e. The van der Waals surface area contributed by atoms with Crippen LogP contribution in [0.15, 0.2) is 54.6 Å². The van der Waals surface area contributed by atoms with Crippen molar-refractivity contribution >= 4 is 24.2 Å². The monoisotopic (exact) mass is 513 g/mol. The van der Waals surface area contributed by atoms with Crippen molar-refractivity contribution in [2.75, 3.05) is 33.3 Å². The molecule has 0 aliphatic carbocycles. The minimum Gasteiger partial charge on any atom is -0.497 e. The van der Waals surface area contributed by atoms with Crippen molar-refractivity contribution in [1.82, 2.24) is 15.1 Å². The van der Waals surface area contributed by atoms with Crippen LogP contribution in [-0.2, 0) is 16.1 Å². The van der Waals surface area contributed by atoms with E-state index in [-0.39, 0.29) is 35.7 Å². The highest BCUT2D eigenvalue weighted by Gasteiger charge is 2.47. The van der Waals surface area contributed by atoms with E-state index in [4.69, 9.17) is 4.74 Å². The van der Waals surface area contributed by atoms with Crippen molar-refractivity contribution < 1.29 is 14.3 Å². The van der Waals surface area contributed by atoms with E-state index in [1.807, 2.05) is 61.2 Å². The van der Waals surface area contributed by atoms with Crippen molar-refractivity contribution in [3.05, 3.63) is 65.7 Å². The molecule has 0 bridgehead atoms. The van der Waals surface area contributed by atoms with E-state index in [9.17, 15) is 9.59 Å². The van der Waals surface area contributed by atoms with Gasteiger partial charge in [0.1, 0.15) is 5.75 Å². The number of likely N-dealkylation sites (tertiary alicyclic amines) is 2. The maximum absolute atomic E-state index is 13.4. The first-order valence-corrected chi connectivity index (χ1v) is 12.9. The minimum absolute atomic E-state index is 0. The zero-order valence-electron chi connectivity index (χ0n) is 21.7. The van der Waals surface area contributed by atoms with Gasteiger partial charge in [-0.05, 0) is 62.0 Å². The van der Waals surface area contributed by atoms with Gasteiger partial charge in [-0.15, -0.1) is 12.4 Å². The Balaban J connectivity index is 0.00000361. The van der Waals surface area contributed by atoms with E-state index in [0.29, 0.717) is 12.5 Å². The molecule has 2 aromatic carbocycles. The quantitative estimate of drug-likeness (QED) is 0.521. The summed E-state index contributed by atoms with van der Waals surface area (Å²) in [6.45, 7) is 8.14. The van der Waals surface area contributed by atoms with E-state index >= 15 is 0 Å². The molecule has 2 aromatic rings. The molecule has 1 unspecified atom stereocenters. The van der Waals surface area contributed by atoms with Gasteiger partial charge in [-0.1, -0.05) is 56.3 Å². The van der Waals surface area contributed by atoms with Gasteiger partial charge in [-0.2, -0.15) is 0 Å². The molecule has 2 saturated heterocycles. The van der Waals surface area contributed by atoms with Crippen LogP contribution < -0.4 is 10.1 Å². The molecule has 4 rings (SSSR count). The second-order valence-electron chi connectivity index (χ2n) is 10.4. The molecule has 2 amide bonds. The highest BCUT2D eigenvalue weighted by molar-refractivity contribution is 5.85. The summed E-state index contributed by atoms with van der Waals surface area (Å²) >= 11 is 0. The molecule has 1 spiro atoms. The summed E-state index contributed by atoms with van der Waals surface area (Å²) in [5, 5.41) is 3.23. The number of hydrogen-bond donors (Lipinski definition) is 1. The number of carbonyl (C=O) groups excluding carboxylic acids is 2. The average molecular weight is 514 g/mol. The normalized spacial score (nSPS) is 18.2. The van der Waals surface area contributed by atoms with Crippen LogP contribution in [0, 0.1) is 11.3 Å². The number of ether oxygens (including phenoxy) is 1. The van der Waals surface area contributed by atoms with Crippen molar-refractivity contribution in [1.29, 1.82) is 0 Å². The Labute approximate surface area is 221 Å². The van der Waals surface area contributed by atoms with Crippen LogP contribution in [0.25, 0.3) is 0 Å². The molecule has 2 heterocycles. The molecule has 1 N–H and O–H groups in total. The molecule has 0 aromatic heterocycles. The molecule has 2 fully saturated rings. The third-order valence-electron chi connectivity index (χ3n) is 7.72. The van der Waals surface area contributed by atoms with Crippen LogP contribution in [0.2, 0.25) is 0 Å². The molecule has 7 heteroatoms. The topological polar surface area (TPSA) is 61.9 Å². The van der Waals surface area contributed by atoms with Crippen molar-refractivity contribution in [3.63, 3.8) is 0 Å². The number of rotatable bonds is 9. The van der Waals surface area contributed by atoms with E-state index < -0.39 is 0 Å². The Hall–Kier alpha value is -2.57. The Bertz CT molecular complexity index is 989. The van der Waals surface area contributed by atoms with Crippen molar-refractivity contribution in [3.8, 4) is 5.75 Å². The minimum atomic E-state index is -0.201. The highest BCUT2D eigenvalue weighted by Crippen LogP contribution is 2.42. The van der Waals surface area contributed by atoms with Gasteiger partial charge >= 0.3 is 0 Å². The fourth-order valence-electron chi connectivity index (χ4n) is 5.32. The number of nitrogens with one attached hydrogen (secondary N) is 1. The first kappa shape index (κ1) is 28.0. The summed E-state index contributed by atoms with van der Waals surface area (Å²) in [6, 6.07) is 18.2. The first-order chi connectivity index (χ1) is 16.9. The van der Waals surface area contributed by atoms with Crippen LogP contribution >= 0.6 is 12.4 Å². The zero-order chi connectivity index (χ0) is 24.8. The van der Waals surface area contributed by atoms with E-state index in [1.165, 1.54) is 0 Å². The molecule has 2 aliphatic rings. The molecule has 196 valence electrons. The van der Waals surface area contributed by atoms with Crippen molar-refractivity contribution in [2.45, 2.75) is 52.1 Å². The molecule has 0 radical (unpaired) electrons. The van der Waals surface area contributed by atoms with Gasteiger partial charge in [0.15, 0.2) is 0 Å². The van der Waals surface area contributed by atoms with Gasteiger partial charge in [0.25, 0.3) is 0 Å². The maximum atomic E-state index is 13.4. The molecule has 0 saturated carbocycles. The fraction of sp³-hybridized carbons (Fsp3) is 0.517. The summed E-state index contributed by atoms with van der Waals surface area (Å²) in [5.74, 6) is 1.21. The summed E-state index contributed by atoms with van der Waals surface area (Å²) in [6.07, 6.45) is 3.65. The smallest absolute Gasteiger partial charge is 0.229 e. The van der Waals surface area contributed by atoms with Gasteiger partial charge in [-0.3, -0.25) is 9.59 Å². The second-order valence-corrected chi connectivity index (χ2v) is 10.4. The lowest BCUT2D eigenvalue weighted by Gasteiger charge is -2.38. The summed E-state index contributed by atoms with van der Waals surface area (Å²) in [7, 11) is 1.67. The van der Waals surface area contributed by atoms with Crippen LogP contribution in [-0.4, -0.2) is 54.9 Å². The highest BCUT2D eigenvalue weighted by atomic mass is 35.5. The molecule has 2 aliphatic heterocycles. The molecule has 1 atom stereocenters. The number of benzene rings is 2. The van der Waals surface area contributed by atoms with E-state index in [1.54, 1.807) is 7.11 Å². The largest absolute Gasteiger partial charge is 0.497 e. The third-order valence-corrected chi connectivity index (χ3v) is 7.72. The summed E-state index contributed by atoms with van der Waals surface area (Å²) in [5.41, 5.74) is 2.09. The Morgan fingerprint density at radius 1 is 1.00 bits per heavy atom. The zero-order valence-corrected chi connectivity index (χ0v) is 22.6. The predicted molar refractivity (Wildman–Crippen MR) is 145 cm³/mol. The van der Waals surface area contributed by atoms with Crippen molar-refractivity contribution in [2.24, 2.45) is 11.3 Å². The number of carbonyl (C=O) groups is 2. The Morgan fingerprint density at radius 2 is 1.64 bits per heavy atom. The van der Waals surface area contributed by atoms with Gasteiger partial charge in [0.05, 0.1) is 18.6 Å². The second kappa shape index (κ2) is 12.6. The third kappa shape index (κ3) is 6.60. The molecule has 36 heavy (non-hydrogen) atoms. The lowest BCUT2D eigenvalue weighted by molar-refractivity contribution is -0.139. The number of halogens is 1. The summed E-state index contributed by atoms with van der Waals surface area (Å²) in [4.78, 5) is 30.3. The van der Waals surface area contributed by atoms with E-state index in [0.717, 1.165) is 68.7 Å². The van der Waals surface area contributed by atoms with Crippen LogP contribution in [0.4, 0.5) is 0 Å². The Kier molecular flexibility index (Phi) is 9.80. The fourth-order valence-corrected chi connectivity index (χ4v) is 5.32. The molecule has 6 nitrogen and oxygen atoms in total. The standard InChI is InChI=1S/C29H39N3O3.ClH/c1-22(2)27(33)30-26(24-7-5-4-6-8-24)13-17-31-18-14-29(15-19-31)16-20-32(28(29)34)21-23-9-11-25(35-3)12-10-23;/h4-12,22,26H,13-21H2,1-3H3,(H,30,33);1H. The van der Waals surface area contributed by atoms with Crippen LogP contribution in [0.3, 0.4) is 0 Å². The van der Waals surface area contributed by atoms with Crippen LogP contribution in [0.5, 0.6) is 5.75 Å². The number of hydrogen-bond acceptors (Lipinski definition) is 4. The average Bonchev–Trinajstić information content (AvgIpc) is 3.18. The lowest BCUT2D eigenvalue weighted by atomic mass is 9.77. The van der Waals surface area contributed by atoms with Gasteiger partial charge in [0.2, 0.25) is 11.8 Å². The van der Waals surface area contributed by atoms with Gasteiger partial charge < -0.3 is 19.9 Å². The number of methoxy groups -OCH3 is 1. The molecular formula is C29H40ClN3O3. The Morgan fingerprint density at radius 3 is 2.25 bits per heavy atom. The SMILES string of the molecule is COc1ccc(CN2CCC3(CCN(CCC(NC(=O)C(C)C)c4ccccc4)CC3)C2=O)cc1.Cl. The molecular weight excluding hydrogens is 474 g/mol. The summed E-state index contributed by atoms with van der Waals surface area (Å²) < 4.78 is 5.24. The van der Waals surface area contributed by atoms with Gasteiger partial charge in [-0.25, -0.2) is 0 Å². The lowest BCUT2D eigenvalue weighted by Crippen LogP contribution is -2.45. The predicted octanol–water partition coefficient (Wildman–Crippen LogP) is 4.84. The number of piperidine rings is 1. The van der Waals surface area contributed by atoms with Crippen LogP contribution in [0.1, 0.15) is 56.7 Å². The number of nitrogens with zero attached hydrogens (tertiary/aromatic N) is 2. The number of amides is 2. The van der Waals surface area contributed by atoms with E-state index in [2.05, 4.69) is 22.3 Å². The first-order valence-electron chi connectivity index (χ1n) is 12.9. The van der Waals surface area contributed by atoms with Gasteiger partial charge in [0, 0.05) is 25.6 Å².